The molecule has 1 heterocycles. The van der Waals surface area contributed by atoms with Gasteiger partial charge in [-0.1, -0.05) is 6.07 Å². The van der Waals surface area contributed by atoms with Gasteiger partial charge in [0, 0.05) is 26.2 Å². The third kappa shape index (κ3) is 6.69. The van der Waals surface area contributed by atoms with Crippen LogP contribution in [0.15, 0.2) is 18.2 Å². The number of hydrogen-bond acceptors (Lipinski definition) is 6. The van der Waals surface area contributed by atoms with Gasteiger partial charge in [-0.15, -0.1) is 0 Å². The van der Waals surface area contributed by atoms with E-state index in [1.165, 1.54) is 0 Å². The van der Waals surface area contributed by atoms with Crippen LogP contribution in [-0.4, -0.2) is 77.0 Å². The summed E-state index contributed by atoms with van der Waals surface area (Å²) in [7, 11) is 4.74. The normalized spacial score (nSPS) is 14.6. The number of carbonyl (C=O) groups is 2. The summed E-state index contributed by atoms with van der Waals surface area (Å²) < 4.78 is 20.6. The summed E-state index contributed by atoms with van der Waals surface area (Å²) in [5.41, 5.74) is 0.881. The van der Waals surface area contributed by atoms with E-state index in [0.29, 0.717) is 44.2 Å². The lowest BCUT2D eigenvalue weighted by molar-refractivity contribution is -0.132. The average Bonchev–Trinajstić information content (AvgIpc) is 2.71. The zero-order chi connectivity index (χ0) is 20.4. The number of hydrogen-bond donors (Lipinski definition) is 1. The summed E-state index contributed by atoms with van der Waals surface area (Å²) in [6.45, 7) is 2.14. The van der Waals surface area contributed by atoms with Crippen LogP contribution in [0, 0.1) is 0 Å². The smallest absolute Gasteiger partial charge is 0.246 e. The number of ether oxygens (including phenoxy) is 4. The molecule has 1 fully saturated rings. The topological polar surface area (TPSA) is 86.3 Å². The lowest BCUT2D eigenvalue weighted by Crippen LogP contribution is -2.47. The maximum atomic E-state index is 12.6. The fraction of sp³-hybridized carbons (Fsp3) is 0.600. The predicted octanol–water partition coefficient (Wildman–Crippen LogP) is 1.02. The third-order valence-electron chi connectivity index (χ3n) is 4.68. The minimum absolute atomic E-state index is 0.0296. The average molecular weight is 394 g/mol. The van der Waals surface area contributed by atoms with Gasteiger partial charge in [0.25, 0.3) is 0 Å². The van der Waals surface area contributed by atoms with Crippen LogP contribution in [-0.2, 0) is 25.5 Å². The molecular weight excluding hydrogens is 364 g/mol. The Morgan fingerprint density at radius 3 is 2.43 bits per heavy atom. The van der Waals surface area contributed by atoms with Crippen molar-refractivity contribution < 1.29 is 28.5 Å². The molecule has 0 radical (unpaired) electrons. The first-order valence-electron chi connectivity index (χ1n) is 9.42. The van der Waals surface area contributed by atoms with E-state index in [1.54, 1.807) is 27.4 Å². The largest absolute Gasteiger partial charge is 0.493 e. The van der Waals surface area contributed by atoms with Crippen LogP contribution in [0.5, 0.6) is 11.5 Å². The second-order valence-corrected chi connectivity index (χ2v) is 6.63. The quantitative estimate of drug-likeness (QED) is 0.596. The highest BCUT2D eigenvalue weighted by atomic mass is 16.5. The van der Waals surface area contributed by atoms with E-state index in [0.717, 1.165) is 18.4 Å². The van der Waals surface area contributed by atoms with Crippen molar-refractivity contribution in [3.8, 4) is 11.5 Å². The Hall–Kier alpha value is -2.32. The van der Waals surface area contributed by atoms with Crippen molar-refractivity contribution in [2.75, 3.05) is 54.2 Å². The van der Waals surface area contributed by atoms with Gasteiger partial charge in [0.05, 0.1) is 33.9 Å². The standard InChI is InChI=1S/C20H30N2O6/c1-25-10-11-28-14-19(23)21-16-6-8-22(9-7-16)20(24)13-15-4-5-17(26-2)18(12-15)27-3/h4-5,12,16H,6-11,13-14H2,1-3H3,(H,21,23). The molecule has 1 N–H and O–H groups in total. The molecule has 1 aliphatic rings. The Morgan fingerprint density at radius 2 is 1.79 bits per heavy atom. The van der Waals surface area contributed by atoms with E-state index >= 15 is 0 Å². The highest BCUT2D eigenvalue weighted by Gasteiger charge is 2.24. The molecule has 0 bridgehead atoms. The molecule has 0 saturated carbocycles. The third-order valence-corrected chi connectivity index (χ3v) is 4.68. The number of rotatable bonds is 10. The Morgan fingerprint density at radius 1 is 1.07 bits per heavy atom. The molecule has 0 atom stereocenters. The number of likely N-dealkylation sites (tertiary alicyclic amines) is 1. The Balaban J connectivity index is 1.75. The lowest BCUT2D eigenvalue weighted by Gasteiger charge is -2.32. The van der Waals surface area contributed by atoms with Gasteiger partial charge in [0.1, 0.15) is 6.61 Å². The molecule has 1 aromatic carbocycles. The second-order valence-electron chi connectivity index (χ2n) is 6.63. The fourth-order valence-corrected chi connectivity index (χ4v) is 3.13. The summed E-state index contributed by atoms with van der Waals surface area (Å²) in [4.78, 5) is 26.3. The Labute approximate surface area is 166 Å². The van der Waals surface area contributed by atoms with Crippen LogP contribution in [0.3, 0.4) is 0 Å². The van der Waals surface area contributed by atoms with Crippen LogP contribution in [0.4, 0.5) is 0 Å². The molecule has 156 valence electrons. The van der Waals surface area contributed by atoms with Gasteiger partial charge < -0.3 is 29.2 Å². The molecule has 28 heavy (non-hydrogen) atoms. The molecule has 1 aromatic rings. The molecule has 0 aliphatic carbocycles. The number of benzene rings is 1. The molecule has 0 spiro atoms. The van der Waals surface area contributed by atoms with Gasteiger partial charge >= 0.3 is 0 Å². The van der Waals surface area contributed by atoms with E-state index in [-0.39, 0.29) is 24.5 Å². The van der Waals surface area contributed by atoms with Crippen molar-refractivity contribution in [1.82, 2.24) is 10.2 Å². The minimum atomic E-state index is -0.133. The first-order valence-corrected chi connectivity index (χ1v) is 9.42. The van der Waals surface area contributed by atoms with Gasteiger partial charge in [-0.05, 0) is 30.5 Å². The molecule has 0 aromatic heterocycles. The highest BCUT2D eigenvalue weighted by Crippen LogP contribution is 2.28. The number of amides is 2. The first-order chi connectivity index (χ1) is 13.6. The van der Waals surface area contributed by atoms with Crippen molar-refractivity contribution >= 4 is 11.8 Å². The van der Waals surface area contributed by atoms with Crippen LogP contribution < -0.4 is 14.8 Å². The number of piperidine rings is 1. The molecule has 0 unspecified atom stereocenters. The zero-order valence-electron chi connectivity index (χ0n) is 16.9. The van der Waals surface area contributed by atoms with Crippen molar-refractivity contribution in [3.63, 3.8) is 0 Å². The molecule has 8 heteroatoms. The first kappa shape index (κ1) is 22.0. The summed E-state index contributed by atoms with van der Waals surface area (Å²) in [6.07, 6.45) is 1.79. The SMILES string of the molecule is COCCOCC(=O)NC1CCN(C(=O)Cc2ccc(OC)c(OC)c2)CC1. The maximum Gasteiger partial charge on any atom is 0.246 e. The van der Waals surface area contributed by atoms with Crippen molar-refractivity contribution in [2.24, 2.45) is 0 Å². The molecule has 8 nitrogen and oxygen atoms in total. The molecule has 1 saturated heterocycles. The minimum Gasteiger partial charge on any atom is -0.493 e. The molecule has 2 amide bonds. The van der Waals surface area contributed by atoms with Crippen LogP contribution >= 0.6 is 0 Å². The Bertz CT molecular complexity index is 644. The number of nitrogens with zero attached hydrogens (tertiary/aromatic N) is 1. The number of methoxy groups -OCH3 is 3. The number of carbonyl (C=O) groups excluding carboxylic acids is 2. The molecule has 1 aliphatic heterocycles. The van der Waals surface area contributed by atoms with Crippen LogP contribution in [0.2, 0.25) is 0 Å². The van der Waals surface area contributed by atoms with Crippen LogP contribution in [0.1, 0.15) is 18.4 Å². The monoisotopic (exact) mass is 394 g/mol. The van der Waals surface area contributed by atoms with E-state index in [2.05, 4.69) is 5.32 Å². The van der Waals surface area contributed by atoms with Gasteiger partial charge in [0.2, 0.25) is 11.8 Å². The fourth-order valence-electron chi connectivity index (χ4n) is 3.13. The lowest BCUT2D eigenvalue weighted by atomic mass is 10.0. The summed E-state index contributed by atoms with van der Waals surface area (Å²) in [5, 5.41) is 2.96. The maximum absolute atomic E-state index is 12.6. The van der Waals surface area contributed by atoms with Gasteiger partial charge in [0.15, 0.2) is 11.5 Å². The van der Waals surface area contributed by atoms with Gasteiger partial charge in [-0.3, -0.25) is 9.59 Å². The van der Waals surface area contributed by atoms with E-state index in [9.17, 15) is 9.59 Å². The van der Waals surface area contributed by atoms with Crippen molar-refractivity contribution in [1.29, 1.82) is 0 Å². The second kappa shape index (κ2) is 11.5. The molecule has 2 rings (SSSR count). The molecular formula is C20H30N2O6. The van der Waals surface area contributed by atoms with Crippen LogP contribution in [0.25, 0.3) is 0 Å². The summed E-state index contributed by atoms with van der Waals surface area (Å²) in [5.74, 6) is 1.19. The van der Waals surface area contributed by atoms with E-state index in [4.69, 9.17) is 18.9 Å². The Kier molecular flexibility index (Phi) is 9.03. The van der Waals surface area contributed by atoms with Crippen molar-refractivity contribution in [2.45, 2.75) is 25.3 Å². The van der Waals surface area contributed by atoms with Gasteiger partial charge in [-0.2, -0.15) is 0 Å². The highest BCUT2D eigenvalue weighted by molar-refractivity contribution is 5.79. The van der Waals surface area contributed by atoms with E-state index < -0.39 is 0 Å². The summed E-state index contributed by atoms with van der Waals surface area (Å²) >= 11 is 0. The zero-order valence-corrected chi connectivity index (χ0v) is 16.9. The van der Waals surface area contributed by atoms with Crippen molar-refractivity contribution in [3.05, 3.63) is 23.8 Å². The van der Waals surface area contributed by atoms with E-state index in [1.807, 2.05) is 17.0 Å². The predicted molar refractivity (Wildman–Crippen MR) is 104 cm³/mol. The number of nitrogens with one attached hydrogen (secondary N) is 1. The summed E-state index contributed by atoms with van der Waals surface area (Å²) in [6, 6.07) is 5.57. The van der Waals surface area contributed by atoms with Gasteiger partial charge in [-0.25, -0.2) is 0 Å².